The van der Waals surface area contributed by atoms with E-state index < -0.39 is 0 Å². The van der Waals surface area contributed by atoms with Crippen LogP contribution in [0.25, 0.3) is 16.3 Å². The molecule has 1 unspecified atom stereocenters. The van der Waals surface area contributed by atoms with Gasteiger partial charge < -0.3 is 4.90 Å². The molecule has 2 aromatic heterocycles. The van der Waals surface area contributed by atoms with Gasteiger partial charge in [0.1, 0.15) is 10.7 Å². The molecule has 0 spiro atoms. The molecule has 3 aromatic rings. The molecule has 5 nitrogen and oxygen atoms in total. The maximum absolute atomic E-state index is 13.2. The molecule has 0 saturated heterocycles. The van der Waals surface area contributed by atoms with Crippen LogP contribution in [0.15, 0.2) is 48.1 Å². The fourth-order valence-corrected chi connectivity index (χ4v) is 4.26. The first-order valence-corrected chi connectivity index (χ1v) is 10.8. The molecule has 1 atom stereocenters. The van der Waals surface area contributed by atoms with E-state index in [0.29, 0.717) is 5.69 Å². The number of carbonyl (C=O) groups is 1. The number of hydrogen-bond acceptors (Lipinski definition) is 4. The SMILES string of the molecule is CCCC(CC)N(C(=O)c1csc(-c2cnn(-c3ccccc3)c2)n1)C(C)C. The maximum Gasteiger partial charge on any atom is 0.273 e. The van der Waals surface area contributed by atoms with Gasteiger partial charge in [0.2, 0.25) is 0 Å². The molecule has 0 saturated carbocycles. The molecular weight excluding hydrogens is 368 g/mol. The summed E-state index contributed by atoms with van der Waals surface area (Å²) in [6, 6.07) is 10.4. The van der Waals surface area contributed by atoms with E-state index in [1.807, 2.05) is 51.5 Å². The van der Waals surface area contributed by atoms with Crippen LogP contribution in [0.2, 0.25) is 0 Å². The number of aromatic nitrogens is 3. The van der Waals surface area contributed by atoms with E-state index in [-0.39, 0.29) is 18.0 Å². The third-order valence-corrected chi connectivity index (χ3v) is 5.74. The highest BCUT2D eigenvalue weighted by atomic mass is 32.1. The Morgan fingerprint density at radius 2 is 1.96 bits per heavy atom. The molecule has 0 aliphatic heterocycles. The number of amides is 1. The van der Waals surface area contributed by atoms with E-state index in [0.717, 1.165) is 35.5 Å². The summed E-state index contributed by atoms with van der Waals surface area (Å²) in [4.78, 5) is 19.8. The second kappa shape index (κ2) is 9.15. The van der Waals surface area contributed by atoms with Gasteiger partial charge in [0.05, 0.1) is 11.9 Å². The number of hydrogen-bond donors (Lipinski definition) is 0. The first-order chi connectivity index (χ1) is 13.5. The van der Waals surface area contributed by atoms with Crippen molar-refractivity contribution in [2.45, 2.75) is 59.0 Å². The van der Waals surface area contributed by atoms with Gasteiger partial charge >= 0.3 is 0 Å². The molecule has 2 heterocycles. The summed E-state index contributed by atoms with van der Waals surface area (Å²) in [5, 5.41) is 7.12. The lowest BCUT2D eigenvalue weighted by atomic mass is 10.0. The minimum Gasteiger partial charge on any atom is -0.332 e. The van der Waals surface area contributed by atoms with Crippen LogP contribution in [-0.4, -0.2) is 37.7 Å². The van der Waals surface area contributed by atoms with E-state index in [1.54, 1.807) is 6.20 Å². The highest BCUT2D eigenvalue weighted by molar-refractivity contribution is 7.13. The molecule has 1 aromatic carbocycles. The number of thiazole rings is 1. The Balaban J connectivity index is 1.83. The van der Waals surface area contributed by atoms with E-state index in [4.69, 9.17) is 0 Å². The molecule has 0 fully saturated rings. The second-order valence-corrected chi connectivity index (χ2v) is 8.06. The van der Waals surface area contributed by atoms with Crippen molar-refractivity contribution < 1.29 is 4.79 Å². The van der Waals surface area contributed by atoms with Gasteiger partial charge in [-0.1, -0.05) is 38.5 Å². The first-order valence-electron chi connectivity index (χ1n) is 9.93. The Bertz CT molecular complexity index is 900. The van der Waals surface area contributed by atoms with E-state index in [9.17, 15) is 4.79 Å². The monoisotopic (exact) mass is 396 g/mol. The van der Waals surface area contributed by atoms with Crippen LogP contribution in [0.4, 0.5) is 0 Å². The summed E-state index contributed by atoms with van der Waals surface area (Å²) >= 11 is 1.49. The fraction of sp³-hybridized carbons (Fsp3) is 0.409. The van der Waals surface area contributed by atoms with Gasteiger partial charge in [0, 0.05) is 29.2 Å². The Kier molecular flexibility index (Phi) is 6.62. The lowest BCUT2D eigenvalue weighted by Crippen LogP contribution is -2.44. The average Bonchev–Trinajstić information content (AvgIpc) is 3.37. The zero-order valence-electron chi connectivity index (χ0n) is 17.0. The van der Waals surface area contributed by atoms with Crippen LogP contribution < -0.4 is 0 Å². The smallest absolute Gasteiger partial charge is 0.273 e. The number of carbonyl (C=O) groups excluding carboxylic acids is 1. The van der Waals surface area contributed by atoms with Gasteiger partial charge in [-0.25, -0.2) is 9.67 Å². The van der Waals surface area contributed by atoms with Gasteiger partial charge in [0.25, 0.3) is 5.91 Å². The summed E-state index contributed by atoms with van der Waals surface area (Å²) < 4.78 is 1.83. The highest BCUT2D eigenvalue weighted by Crippen LogP contribution is 2.26. The molecular formula is C22H28N4OS. The van der Waals surface area contributed by atoms with Gasteiger partial charge in [0.15, 0.2) is 0 Å². The maximum atomic E-state index is 13.2. The van der Waals surface area contributed by atoms with Crippen molar-refractivity contribution >= 4 is 17.2 Å². The number of nitrogens with zero attached hydrogens (tertiary/aromatic N) is 4. The van der Waals surface area contributed by atoms with Crippen LogP contribution >= 0.6 is 11.3 Å². The van der Waals surface area contributed by atoms with Crippen molar-refractivity contribution in [1.82, 2.24) is 19.7 Å². The van der Waals surface area contributed by atoms with E-state index >= 15 is 0 Å². The van der Waals surface area contributed by atoms with Crippen molar-refractivity contribution in [3.8, 4) is 16.3 Å². The van der Waals surface area contributed by atoms with Crippen LogP contribution in [0.5, 0.6) is 0 Å². The molecule has 6 heteroatoms. The third-order valence-electron chi connectivity index (χ3n) is 4.85. The molecule has 3 rings (SSSR count). The van der Waals surface area contributed by atoms with Crippen molar-refractivity contribution in [2.24, 2.45) is 0 Å². The van der Waals surface area contributed by atoms with Gasteiger partial charge in [-0.15, -0.1) is 11.3 Å². The standard InChI is InChI=1S/C22H28N4OS/c1-5-10-18(6-2)26(16(3)4)22(27)20-15-28-21(24-20)17-13-23-25(14-17)19-11-8-7-9-12-19/h7-9,11-16,18H,5-6,10H2,1-4H3. The van der Waals surface area contributed by atoms with Crippen LogP contribution in [0.1, 0.15) is 57.4 Å². The van der Waals surface area contributed by atoms with Gasteiger partial charge in [-0.2, -0.15) is 5.10 Å². The van der Waals surface area contributed by atoms with Crippen molar-refractivity contribution in [3.63, 3.8) is 0 Å². The molecule has 148 valence electrons. The largest absolute Gasteiger partial charge is 0.332 e. The summed E-state index contributed by atoms with van der Waals surface area (Å²) in [7, 11) is 0. The van der Waals surface area contributed by atoms with Crippen LogP contribution in [0.3, 0.4) is 0 Å². The van der Waals surface area contributed by atoms with E-state index in [2.05, 4.69) is 37.8 Å². The molecule has 1 amide bonds. The predicted octanol–water partition coefficient (Wildman–Crippen LogP) is 5.43. The molecule has 0 aliphatic rings. The van der Waals surface area contributed by atoms with Gasteiger partial charge in [-0.3, -0.25) is 4.79 Å². The quantitative estimate of drug-likeness (QED) is 0.510. The fourth-order valence-electron chi connectivity index (χ4n) is 3.49. The molecule has 28 heavy (non-hydrogen) atoms. The Morgan fingerprint density at radius 1 is 1.21 bits per heavy atom. The lowest BCUT2D eigenvalue weighted by Gasteiger charge is -2.34. The van der Waals surface area contributed by atoms with Crippen molar-refractivity contribution in [3.05, 3.63) is 53.8 Å². The number of para-hydroxylation sites is 1. The summed E-state index contributed by atoms with van der Waals surface area (Å²) in [5.41, 5.74) is 2.44. The highest BCUT2D eigenvalue weighted by Gasteiger charge is 2.27. The molecule has 0 bridgehead atoms. The Hall–Kier alpha value is -2.47. The molecule has 0 radical (unpaired) electrons. The minimum absolute atomic E-state index is 0.0215. The summed E-state index contributed by atoms with van der Waals surface area (Å²) in [6.07, 6.45) is 6.79. The third kappa shape index (κ3) is 4.33. The van der Waals surface area contributed by atoms with Crippen LogP contribution in [0, 0.1) is 0 Å². The number of benzene rings is 1. The Labute approximate surface area is 171 Å². The normalized spacial score (nSPS) is 12.3. The number of rotatable bonds is 8. The summed E-state index contributed by atoms with van der Waals surface area (Å²) in [5.74, 6) is 0.0215. The topological polar surface area (TPSA) is 51.0 Å². The van der Waals surface area contributed by atoms with Crippen molar-refractivity contribution in [1.29, 1.82) is 0 Å². The Morgan fingerprint density at radius 3 is 2.61 bits per heavy atom. The molecule has 0 aliphatic carbocycles. The minimum atomic E-state index is 0.0215. The second-order valence-electron chi connectivity index (χ2n) is 7.20. The van der Waals surface area contributed by atoms with E-state index in [1.165, 1.54) is 11.3 Å². The zero-order chi connectivity index (χ0) is 20.1. The molecule has 0 N–H and O–H groups in total. The first kappa shape index (κ1) is 20.3. The lowest BCUT2D eigenvalue weighted by molar-refractivity contribution is 0.0584. The van der Waals surface area contributed by atoms with Crippen LogP contribution in [-0.2, 0) is 0 Å². The summed E-state index contributed by atoms with van der Waals surface area (Å²) in [6.45, 7) is 8.46. The van der Waals surface area contributed by atoms with Crippen molar-refractivity contribution in [2.75, 3.05) is 0 Å². The zero-order valence-corrected chi connectivity index (χ0v) is 17.8. The average molecular weight is 397 g/mol. The van der Waals surface area contributed by atoms with Gasteiger partial charge in [-0.05, 0) is 38.8 Å². The predicted molar refractivity (Wildman–Crippen MR) is 115 cm³/mol.